The fourth-order valence-corrected chi connectivity index (χ4v) is 3.44. The maximum absolute atomic E-state index is 6.42. The van der Waals surface area contributed by atoms with Gasteiger partial charge in [-0.15, -0.1) is 11.3 Å². The van der Waals surface area contributed by atoms with Crippen molar-refractivity contribution in [2.24, 2.45) is 0 Å². The lowest BCUT2D eigenvalue weighted by Crippen LogP contribution is -1.99. The third kappa shape index (κ3) is 2.26. The normalized spacial score (nSPS) is 11.3. The summed E-state index contributed by atoms with van der Waals surface area (Å²) in [5, 5.41) is 5.26. The molecule has 0 aliphatic carbocycles. The third-order valence-electron chi connectivity index (χ3n) is 3.51. The number of para-hydroxylation sites is 1. The molecule has 0 atom stereocenters. The number of hydrogen-bond donors (Lipinski definition) is 2. The van der Waals surface area contributed by atoms with Crippen LogP contribution in [0.25, 0.3) is 21.1 Å². The number of nitrogens with zero attached hydrogens (tertiary/aromatic N) is 1. The second-order valence-corrected chi connectivity index (χ2v) is 6.12. The topological polar surface area (TPSA) is 40.7 Å². The quantitative estimate of drug-likeness (QED) is 0.556. The molecule has 0 aliphatic rings. The number of H-pyrrole nitrogens is 1. The number of thiazole rings is 1. The second-order valence-electron chi connectivity index (χ2n) is 4.85. The van der Waals surface area contributed by atoms with Crippen LogP contribution in [-0.2, 0) is 6.54 Å². The summed E-state index contributed by atoms with van der Waals surface area (Å²) in [7, 11) is 0. The van der Waals surface area contributed by atoms with E-state index in [1.54, 1.807) is 11.3 Å². The lowest BCUT2D eigenvalue weighted by Gasteiger charge is -2.05. The lowest BCUT2D eigenvalue weighted by atomic mass is 10.2. The number of rotatable bonds is 3. The van der Waals surface area contributed by atoms with E-state index in [9.17, 15) is 0 Å². The molecule has 2 aromatic carbocycles. The van der Waals surface area contributed by atoms with Crippen LogP contribution in [0.4, 0.5) is 5.69 Å². The van der Waals surface area contributed by atoms with Crippen LogP contribution in [0.3, 0.4) is 0 Å². The lowest BCUT2D eigenvalue weighted by molar-refractivity contribution is 1.09. The van der Waals surface area contributed by atoms with Gasteiger partial charge in [0.15, 0.2) is 0 Å². The van der Waals surface area contributed by atoms with E-state index in [2.05, 4.69) is 21.4 Å². The minimum Gasteiger partial charge on any atom is -0.379 e. The van der Waals surface area contributed by atoms with Gasteiger partial charge in [-0.1, -0.05) is 29.8 Å². The first kappa shape index (κ1) is 12.7. The van der Waals surface area contributed by atoms with E-state index in [1.807, 2.05) is 41.9 Å². The zero-order valence-corrected chi connectivity index (χ0v) is 12.6. The highest BCUT2D eigenvalue weighted by Gasteiger charge is 2.08. The number of halogens is 1. The number of nitrogens with one attached hydrogen (secondary N) is 2. The average molecular weight is 314 g/mol. The Balaban J connectivity index is 1.61. The van der Waals surface area contributed by atoms with Gasteiger partial charge in [0, 0.05) is 16.6 Å². The van der Waals surface area contributed by atoms with Crippen molar-refractivity contribution < 1.29 is 0 Å². The molecule has 0 amide bonds. The highest BCUT2D eigenvalue weighted by molar-refractivity contribution is 7.16. The molecule has 0 unspecified atom stereocenters. The first-order chi connectivity index (χ1) is 10.3. The Morgan fingerprint density at radius 2 is 2.10 bits per heavy atom. The molecular weight excluding hydrogens is 302 g/mol. The van der Waals surface area contributed by atoms with E-state index >= 15 is 0 Å². The van der Waals surface area contributed by atoms with Crippen molar-refractivity contribution in [3.8, 4) is 0 Å². The largest absolute Gasteiger partial charge is 0.379 e. The molecule has 2 heterocycles. The summed E-state index contributed by atoms with van der Waals surface area (Å²) in [5.41, 5.74) is 6.04. The highest BCUT2D eigenvalue weighted by Crippen LogP contribution is 2.28. The standard InChI is InChI=1S/C16H12ClN3S/c17-16-11-3-1-2-4-12(11)20-14(16)8-18-10-5-6-13-15(7-10)21-9-19-13/h1-7,9,18,20H,8H2. The number of hydrogen-bond acceptors (Lipinski definition) is 3. The molecule has 0 bridgehead atoms. The molecule has 0 fully saturated rings. The molecule has 0 spiro atoms. The fourth-order valence-electron chi connectivity index (χ4n) is 2.44. The first-order valence-electron chi connectivity index (χ1n) is 6.63. The van der Waals surface area contributed by atoms with Crippen molar-refractivity contribution >= 4 is 49.7 Å². The summed E-state index contributed by atoms with van der Waals surface area (Å²) < 4.78 is 1.18. The predicted octanol–water partition coefficient (Wildman–Crippen LogP) is 5.04. The van der Waals surface area contributed by atoms with Crippen molar-refractivity contribution in [2.45, 2.75) is 6.54 Å². The van der Waals surface area contributed by atoms with E-state index in [1.165, 1.54) is 4.70 Å². The van der Waals surface area contributed by atoms with Gasteiger partial charge in [0.05, 0.1) is 33.0 Å². The number of aromatic nitrogens is 2. The summed E-state index contributed by atoms with van der Waals surface area (Å²) in [4.78, 5) is 7.65. The molecule has 0 saturated carbocycles. The van der Waals surface area contributed by atoms with Gasteiger partial charge in [-0.05, 0) is 24.3 Å². The summed E-state index contributed by atoms with van der Waals surface area (Å²) in [6, 6.07) is 14.2. The van der Waals surface area contributed by atoms with E-state index in [0.29, 0.717) is 6.54 Å². The second kappa shape index (κ2) is 5.06. The Bertz CT molecular complexity index is 925. The number of aromatic amines is 1. The molecule has 2 N–H and O–H groups in total. The zero-order chi connectivity index (χ0) is 14.2. The van der Waals surface area contributed by atoms with Crippen LogP contribution in [0, 0.1) is 0 Å². The van der Waals surface area contributed by atoms with Crippen LogP contribution in [0.5, 0.6) is 0 Å². The van der Waals surface area contributed by atoms with E-state index in [-0.39, 0.29) is 0 Å². The Morgan fingerprint density at radius 3 is 3.00 bits per heavy atom. The smallest absolute Gasteiger partial charge is 0.0813 e. The van der Waals surface area contributed by atoms with Crippen molar-refractivity contribution in [2.75, 3.05) is 5.32 Å². The van der Waals surface area contributed by atoms with Crippen LogP contribution < -0.4 is 5.32 Å². The molecule has 4 aromatic rings. The van der Waals surface area contributed by atoms with E-state index in [0.717, 1.165) is 32.8 Å². The molecule has 0 saturated heterocycles. The van der Waals surface area contributed by atoms with Gasteiger partial charge in [0.2, 0.25) is 0 Å². The molecule has 21 heavy (non-hydrogen) atoms. The number of anilines is 1. The van der Waals surface area contributed by atoms with Gasteiger partial charge in [-0.2, -0.15) is 0 Å². The minimum atomic E-state index is 0.665. The van der Waals surface area contributed by atoms with E-state index < -0.39 is 0 Å². The Labute approximate surface area is 130 Å². The maximum Gasteiger partial charge on any atom is 0.0813 e. The number of fused-ring (bicyclic) bond motifs is 2. The van der Waals surface area contributed by atoms with Crippen LogP contribution >= 0.6 is 22.9 Å². The van der Waals surface area contributed by atoms with Crippen molar-refractivity contribution in [3.63, 3.8) is 0 Å². The average Bonchev–Trinajstić information content (AvgIpc) is 3.10. The summed E-state index contributed by atoms with van der Waals surface area (Å²) in [6.07, 6.45) is 0. The van der Waals surface area contributed by atoms with Gasteiger partial charge in [0.25, 0.3) is 0 Å². The Morgan fingerprint density at radius 1 is 1.19 bits per heavy atom. The van der Waals surface area contributed by atoms with Gasteiger partial charge in [0.1, 0.15) is 0 Å². The van der Waals surface area contributed by atoms with Gasteiger partial charge < -0.3 is 10.3 Å². The molecule has 0 radical (unpaired) electrons. The Kier molecular flexibility index (Phi) is 3.05. The third-order valence-corrected chi connectivity index (χ3v) is 4.74. The van der Waals surface area contributed by atoms with Crippen molar-refractivity contribution in [3.05, 3.63) is 58.7 Å². The molecule has 104 valence electrons. The SMILES string of the molecule is Clc1c(CNc2ccc3ncsc3c2)[nH]c2ccccc12. The van der Waals surface area contributed by atoms with Gasteiger partial charge in [-0.25, -0.2) is 4.98 Å². The van der Waals surface area contributed by atoms with Crippen molar-refractivity contribution in [1.82, 2.24) is 9.97 Å². The fraction of sp³-hybridized carbons (Fsp3) is 0.0625. The molecule has 0 aliphatic heterocycles. The minimum absolute atomic E-state index is 0.665. The monoisotopic (exact) mass is 313 g/mol. The molecule has 3 nitrogen and oxygen atoms in total. The highest BCUT2D eigenvalue weighted by atomic mass is 35.5. The van der Waals surface area contributed by atoms with Crippen LogP contribution in [0.2, 0.25) is 5.02 Å². The first-order valence-corrected chi connectivity index (χ1v) is 7.89. The van der Waals surface area contributed by atoms with Gasteiger partial charge >= 0.3 is 0 Å². The van der Waals surface area contributed by atoms with Crippen molar-refractivity contribution in [1.29, 1.82) is 0 Å². The zero-order valence-electron chi connectivity index (χ0n) is 11.1. The van der Waals surface area contributed by atoms with Crippen LogP contribution in [-0.4, -0.2) is 9.97 Å². The van der Waals surface area contributed by atoms with E-state index in [4.69, 9.17) is 11.6 Å². The summed E-state index contributed by atoms with van der Waals surface area (Å²) in [5.74, 6) is 0. The maximum atomic E-state index is 6.42. The number of benzene rings is 2. The summed E-state index contributed by atoms with van der Waals surface area (Å²) >= 11 is 8.07. The molecular formula is C16H12ClN3S. The van der Waals surface area contributed by atoms with Gasteiger partial charge in [-0.3, -0.25) is 0 Å². The molecule has 2 aromatic heterocycles. The Hall–Kier alpha value is -2.04. The molecule has 5 heteroatoms. The van der Waals surface area contributed by atoms with Crippen LogP contribution in [0.1, 0.15) is 5.69 Å². The molecule has 4 rings (SSSR count). The summed E-state index contributed by atoms with van der Waals surface area (Å²) in [6.45, 7) is 0.665. The predicted molar refractivity (Wildman–Crippen MR) is 90.3 cm³/mol. The van der Waals surface area contributed by atoms with Crippen LogP contribution in [0.15, 0.2) is 48.0 Å².